The summed E-state index contributed by atoms with van der Waals surface area (Å²) in [4.78, 5) is 30.3. The van der Waals surface area contributed by atoms with Crippen molar-refractivity contribution in [2.75, 3.05) is 13.7 Å². The van der Waals surface area contributed by atoms with Crippen LogP contribution in [0.25, 0.3) is 10.2 Å². The van der Waals surface area contributed by atoms with Gasteiger partial charge in [-0.1, -0.05) is 69.4 Å². The Bertz CT molecular complexity index is 1060. The summed E-state index contributed by atoms with van der Waals surface area (Å²) in [7, 11) is 1.50. The fraction of sp³-hybridized carbons (Fsp3) is 0.458. The van der Waals surface area contributed by atoms with Crippen molar-refractivity contribution in [1.29, 1.82) is 0 Å². The van der Waals surface area contributed by atoms with Gasteiger partial charge in [-0.05, 0) is 12.0 Å². The van der Waals surface area contributed by atoms with Crippen LogP contribution >= 0.6 is 11.3 Å². The number of aromatic nitrogens is 1. The van der Waals surface area contributed by atoms with Gasteiger partial charge in [0.25, 0.3) is 0 Å². The lowest BCUT2D eigenvalue weighted by Gasteiger charge is -2.05. The normalized spacial score (nSPS) is 11.1. The quantitative estimate of drug-likeness (QED) is 0.247. The van der Waals surface area contributed by atoms with Crippen LogP contribution in [0.5, 0.6) is 6.08 Å². The largest absolute Gasteiger partial charge is 0.457 e. The minimum absolute atomic E-state index is 0.0696. The molecule has 0 bridgehead atoms. The van der Waals surface area contributed by atoms with E-state index in [9.17, 15) is 9.59 Å². The van der Waals surface area contributed by atoms with Crippen molar-refractivity contribution in [3.8, 4) is 6.08 Å². The molecule has 0 aliphatic heterocycles. The second-order valence-corrected chi connectivity index (χ2v) is 8.47. The first-order chi connectivity index (χ1) is 15.6. The number of fused-ring (bicyclic) bond motifs is 1. The van der Waals surface area contributed by atoms with Crippen LogP contribution in [0.2, 0.25) is 0 Å². The minimum Gasteiger partial charge on any atom is -0.457 e. The molecule has 0 radical (unpaired) electrons. The zero-order valence-corrected chi connectivity index (χ0v) is 19.4. The molecular formula is C24H29NO6S. The molecular weight excluding hydrogens is 430 g/mol. The van der Waals surface area contributed by atoms with E-state index in [1.807, 2.05) is 30.3 Å². The number of carbonyl (C=O) groups is 1. The van der Waals surface area contributed by atoms with Crippen LogP contribution in [0.4, 0.5) is 0 Å². The zero-order chi connectivity index (χ0) is 22.8. The van der Waals surface area contributed by atoms with Gasteiger partial charge in [-0.15, -0.1) is 11.3 Å². The Balaban J connectivity index is 1.71. The monoisotopic (exact) mass is 459 g/mol. The maximum absolute atomic E-state index is 12.7. The summed E-state index contributed by atoms with van der Waals surface area (Å²) >= 11 is 1.08. The van der Waals surface area contributed by atoms with Crippen molar-refractivity contribution in [2.24, 2.45) is 0 Å². The van der Waals surface area contributed by atoms with Gasteiger partial charge in [0.05, 0.1) is 13.2 Å². The average Bonchev–Trinajstić information content (AvgIpc) is 3.17. The molecule has 0 atom stereocenters. The number of hydrogen-bond acceptors (Lipinski definition) is 8. The van der Waals surface area contributed by atoms with Crippen molar-refractivity contribution in [3.05, 3.63) is 56.8 Å². The first-order valence-corrected chi connectivity index (χ1v) is 11.7. The molecule has 7 nitrogen and oxygen atoms in total. The Labute approximate surface area is 191 Å². The number of ether oxygens (including phenoxy) is 3. The summed E-state index contributed by atoms with van der Waals surface area (Å²) in [6.07, 6.45) is 6.67. The topological polar surface area (TPSA) is 87.9 Å². The molecule has 0 amide bonds. The molecule has 0 spiro atoms. The van der Waals surface area contributed by atoms with Crippen LogP contribution in [0.1, 0.15) is 66.2 Å². The van der Waals surface area contributed by atoms with E-state index >= 15 is 0 Å². The maximum Gasteiger partial charge on any atom is 0.397 e. The third kappa shape index (κ3) is 6.40. The van der Waals surface area contributed by atoms with Crippen LogP contribution in [0.15, 0.2) is 39.5 Å². The van der Waals surface area contributed by atoms with Crippen LogP contribution < -0.4 is 10.4 Å². The molecule has 32 heavy (non-hydrogen) atoms. The highest BCUT2D eigenvalue weighted by Crippen LogP contribution is 2.31. The lowest BCUT2D eigenvalue weighted by Crippen LogP contribution is -2.09. The molecule has 0 aliphatic rings. The zero-order valence-electron chi connectivity index (χ0n) is 18.6. The molecule has 0 saturated carbocycles. The van der Waals surface area contributed by atoms with E-state index in [2.05, 4.69) is 11.9 Å². The Morgan fingerprint density at radius 2 is 1.81 bits per heavy atom. The Kier molecular flexibility index (Phi) is 9.25. The van der Waals surface area contributed by atoms with E-state index in [1.165, 1.54) is 26.4 Å². The van der Waals surface area contributed by atoms with E-state index < -0.39 is 11.6 Å². The summed E-state index contributed by atoms with van der Waals surface area (Å²) in [5.41, 5.74) is 0.700. The summed E-state index contributed by atoms with van der Waals surface area (Å²) in [5.74, 6) is -0.530. The average molecular weight is 460 g/mol. The smallest absolute Gasteiger partial charge is 0.397 e. The maximum atomic E-state index is 12.7. The standard InChI is InChI=1S/C24H29NO6S/c1-3-4-5-6-7-11-14-29-24-25-21-19(22(26)31-24)18(16-28-2)20(32-21)23(27)30-15-17-12-9-8-10-13-17/h8-10,12-13H,3-7,11,14-16H2,1-2H3. The number of carbonyl (C=O) groups excluding carboxylic acids is 1. The highest BCUT2D eigenvalue weighted by molar-refractivity contribution is 7.20. The highest BCUT2D eigenvalue weighted by atomic mass is 32.1. The molecule has 0 fully saturated rings. The molecule has 2 heterocycles. The van der Waals surface area contributed by atoms with Crippen LogP contribution in [-0.2, 0) is 22.7 Å². The molecule has 172 valence electrons. The number of unbranched alkanes of at least 4 members (excludes halogenated alkanes) is 5. The van der Waals surface area contributed by atoms with E-state index in [0.717, 1.165) is 36.2 Å². The lowest BCUT2D eigenvalue weighted by molar-refractivity contribution is 0.0474. The number of methoxy groups -OCH3 is 1. The molecule has 1 aromatic carbocycles. The number of nitrogens with zero attached hydrogens (tertiary/aromatic N) is 1. The second kappa shape index (κ2) is 12.4. The van der Waals surface area contributed by atoms with Gasteiger partial charge in [0.1, 0.15) is 21.7 Å². The van der Waals surface area contributed by atoms with Crippen LogP contribution in [0, 0.1) is 0 Å². The predicted octanol–water partition coefficient (Wildman–Crippen LogP) is 5.49. The molecule has 3 rings (SSSR count). The van der Waals surface area contributed by atoms with E-state index in [1.54, 1.807) is 0 Å². The van der Waals surface area contributed by atoms with Gasteiger partial charge < -0.3 is 18.6 Å². The van der Waals surface area contributed by atoms with Crippen molar-refractivity contribution < 1.29 is 23.4 Å². The third-order valence-corrected chi connectivity index (χ3v) is 6.08. The minimum atomic E-state index is -0.599. The van der Waals surface area contributed by atoms with Crippen LogP contribution in [-0.4, -0.2) is 24.7 Å². The molecule has 0 unspecified atom stereocenters. The molecule has 0 N–H and O–H groups in total. The number of benzene rings is 1. The van der Waals surface area contributed by atoms with Crippen molar-refractivity contribution in [1.82, 2.24) is 4.98 Å². The summed E-state index contributed by atoms with van der Waals surface area (Å²) in [5, 5.41) is 0.232. The number of rotatable bonds is 13. The third-order valence-electron chi connectivity index (χ3n) is 4.98. The summed E-state index contributed by atoms with van der Waals surface area (Å²) in [6, 6.07) is 9.39. The Morgan fingerprint density at radius 1 is 1.06 bits per heavy atom. The van der Waals surface area contributed by atoms with Crippen molar-refractivity contribution >= 4 is 27.5 Å². The molecule has 0 aliphatic carbocycles. The lowest BCUT2D eigenvalue weighted by atomic mass is 10.1. The van der Waals surface area contributed by atoms with E-state index in [-0.39, 0.29) is 29.6 Å². The fourth-order valence-electron chi connectivity index (χ4n) is 3.32. The number of hydrogen-bond donors (Lipinski definition) is 0. The van der Waals surface area contributed by atoms with Gasteiger partial charge in [0.15, 0.2) is 0 Å². The van der Waals surface area contributed by atoms with Crippen molar-refractivity contribution in [2.45, 2.75) is 58.7 Å². The Hall–Kier alpha value is -2.71. The number of esters is 1. The highest BCUT2D eigenvalue weighted by Gasteiger charge is 2.24. The molecule has 3 aromatic rings. The molecule has 2 aromatic heterocycles. The molecule has 0 saturated heterocycles. The SMILES string of the molecule is CCCCCCCCOc1nc2sc(C(=O)OCc3ccccc3)c(COC)c2c(=O)o1. The fourth-order valence-corrected chi connectivity index (χ4v) is 4.36. The van der Waals surface area contributed by atoms with E-state index in [0.29, 0.717) is 17.0 Å². The van der Waals surface area contributed by atoms with Gasteiger partial charge in [0, 0.05) is 12.7 Å². The molecule has 8 heteroatoms. The van der Waals surface area contributed by atoms with Gasteiger partial charge in [-0.2, -0.15) is 4.98 Å². The second-order valence-electron chi connectivity index (χ2n) is 7.47. The van der Waals surface area contributed by atoms with Gasteiger partial charge in [-0.3, -0.25) is 0 Å². The first kappa shape index (κ1) is 23.9. The van der Waals surface area contributed by atoms with Gasteiger partial charge in [-0.25, -0.2) is 9.59 Å². The summed E-state index contributed by atoms with van der Waals surface area (Å²) < 4.78 is 21.5. The van der Waals surface area contributed by atoms with Gasteiger partial charge >= 0.3 is 17.7 Å². The van der Waals surface area contributed by atoms with Crippen molar-refractivity contribution in [3.63, 3.8) is 0 Å². The Morgan fingerprint density at radius 3 is 2.56 bits per heavy atom. The number of thiophene rings is 1. The van der Waals surface area contributed by atoms with Crippen LogP contribution in [0.3, 0.4) is 0 Å². The summed E-state index contributed by atoms with van der Waals surface area (Å²) in [6.45, 7) is 2.81. The first-order valence-electron chi connectivity index (χ1n) is 10.9. The van der Waals surface area contributed by atoms with Gasteiger partial charge in [0.2, 0.25) is 0 Å². The predicted molar refractivity (Wildman–Crippen MR) is 123 cm³/mol. The van der Waals surface area contributed by atoms with E-state index in [4.69, 9.17) is 18.6 Å².